The van der Waals surface area contributed by atoms with E-state index in [0.717, 1.165) is 0 Å². The molecule has 5 aliphatic carbocycles. The third-order valence-corrected chi connectivity index (χ3v) is 11.8. The zero-order valence-corrected chi connectivity index (χ0v) is 21.3. The molecule has 35 heavy (non-hydrogen) atoms. The molecule has 6 N–H and O–H groups in total. The van der Waals surface area contributed by atoms with Crippen molar-refractivity contribution >= 4 is 0 Å². The number of ether oxygens (including phenoxy) is 4. The summed E-state index contributed by atoms with van der Waals surface area (Å²) >= 11 is 0. The van der Waals surface area contributed by atoms with E-state index in [1.807, 2.05) is 0 Å². The molecule has 6 fully saturated rings. The van der Waals surface area contributed by atoms with Crippen LogP contribution in [0.5, 0.6) is 0 Å². The molecule has 5 saturated carbocycles. The number of hydrogen-bond donors (Lipinski definition) is 5. The van der Waals surface area contributed by atoms with Crippen LogP contribution in [0.15, 0.2) is 0 Å². The first-order chi connectivity index (χ1) is 16.6. The lowest BCUT2D eigenvalue weighted by molar-refractivity contribution is -0.288. The van der Waals surface area contributed by atoms with Gasteiger partial charge in [0.25, 0.3) is 0 Å². The van der Waals surface area contributed by atoms with Gasteiger partial charge in [-0.15, -0.1) is 0 Å². The van der Waals surface area contributed by atoms with E-state index in [-0.39, 0.29) is 36.3 Å². The fraction of sp³-hybridized carbons (Fsp3) is 1.00. The maximum atomic E-state index is 11.8. The van der Waals surface area contributed by atoms with Crippen molar-refractivity contribution in [2.45, 2.75) is 73.6 Å². The van der Waals surface area contributed by atoms with Crippen LogP contribution in [0.1, 0.15) is 19.8 Å². The Balaban J connectivity index is 1.68. The lowest BCUT2D eigenvalue weighted by Crippen LogP contribution is -2.83. The first-order valence-electron chi connectivity index (χ1n) is 13.0. The van der Waals surface area contributed by atoms with Crippen LogP contribution in [0.2, 0.25) is 0 Å². The van der Waals surface area contributed by atoms with E-state index in [1.165, 1.54) is 7.11 Å². The van der Waals surface area contributed by atoms with Crippen molar-refractivity contribution in [1.29, 1.82) is 0 Å². The highest BCUT2D eigenvalue weighted by Crippen LogP contribution is 2.79. The molecule has 0 unspecified atom stereocenters. The van der Waals surface area contributed by atoms with Crippen molar-refractivity contribution in [2.24, 2.45) is 40.2 Å². The second-order valence-corrected chi connectivity index (χ2v) is 12.2. The highest BCUT2D eigenvalue weighted by Gasteiger charge is 2.90. The SMILES string of the molecule is CCN1C[C@]2(COC)[C@H](O)C[C@H](OC)[C@@]34[C@@H]5C[C@@]6(O)[C@H](O)[C@@H]5[C@@](N)([C@@H]([C@H](OC)[C@H]23)[C@@H]14)[C@@H](O)[C@@H]6OC. The van der Waals surface area contributed by atoms with Crippen LogP contribution in [-0.4, -0.2) is 127 Å². The molecule has 0 amide bonds. The summed E-state index contributed by atoms with van der Waals surface area (Å²) in [5.74, 6) is -1.39. The van der Waals surface area contributed by atoms with Gasteiger partial charge in [0.15, 0.2) is 0 Å². The van der Waals surface area contributed by atoms with Crippen molar-refractivity contribution in [2.75, 3.05) is 48.1 Å². The first-order valence-corrected chi connectivity index (χ1v) is 13.0. The van der Waals surface area contributed by atoms with Gasteiger partial charge in [0.2, 0.25) is 0 Å². The molecule has 10 heteroatoms. The number of piperidine rings is 1. The molecular formula is C25H42N2O8. The van der Waals surface area contributed by atoms with Crippen molar-refractivity contribution in [3.8, 4) is 0 Å². The number of aliphatic hydroxyl groups is 4. The van der Waals surface area contributed by atoms with Gasteiger partial charge in [0, 0.05) is 76.0 Å². The molecule has 1 spiro atoms. The molecule has 0 aromatic heterocycles. The Morgan fingerprint density at radius 1 is 1.00 bits per heavy atom. The summed E-state index contributed by atoms with van der Waals surface area (Å²) in [6.07, 6.45) is -4.13. The predicted molar refractivity (Wildman–Crippen MR) is 123 cm³/mol. The monoisotopic (exact) mass is 498 g/mol. The lowest BCUT2D eigenvalue weighted by Gasteiger charge is -2.70. The fourth-order valence-corrected chi connectivity index (χ4v) is 11.1. The minimum Gasteiger partial charge on any atom is -0.392 e. The number of nitrogens with two attached hydrogens (primary N) is 1. The molecule has 15 atom stereocenters. The number of methoxy groups -OCH3 is 4. The molecule has 10 nitrogen and oxygen atoms in total. The van der Waals surface area contributed by atoms with Crippen molar-refractivity contribution in [3.63, 3.8) is 0 Å². The van der Waals surface area contributed by atoms with E-state index in [2.05, 4.69) is 11.8 Å². The van der Waals surface area contributed by atoms with E-state index in [0.29, 0.717) is 26.1 Å². The smallest absolute Gasteiger partial charge is 0.120 e. The highest BCUT2D eigenvalue weighted by molar-refractivity contribution is 5.40. The lowest BCUT2D eigenvalue weighted by atomic mass is 9.42. The second kappa shape index (κ2) is 7.59. The molecule has 0 aromatic rings. The zero-order chi connectivity index (χ0) is 25.3. The summed E-state index contributed by atoms with van der Waals surface area (Å²) in [5, 5.41) is 47.0. The average Bonchev–Trinajstić information content (AvgIpc) is 3.19. The summed E-state index contributed by atoms with van der Waals surface area (Å²) in [5.41, 5.74) is 3.24. The number of nitrogens with zero attached hydrogens (tertiary/aromatic N) is 1. The Hall–Kier alpha value is -0.400. The van der Waals surface area contributed by atoms with Crippen molar-refractivity contribution < 1.29 is 39.4 Å². The summed E-state index contributed by atoms with van der Waals surface area (Å²) in [4.78, 5) is 2.37. The summed E-state index contributed by atoms with van der Waals surface area (Å²) in [6, 6.07) is -0.115. The molecule has 6 aliphatic rings. The molecule has 1 saturated heterocycles. The fourth-order valence-electron chi connectivity index (χ4n) is 11.1. The molecule has 1 heterocycles. The Kier molecular flexibility index (Phi) is 5.40. The first kappa shape index (κ1) is 24.9. The number of likely N-dealkylation sites (tertiary alicyclic amines) is 1. The van der Waals surface area contributed by atoms with Crippen molar-refractivity contribution in [3.05, 3.63) is 0 Å². The van der Waals surface area contributed by atoms with Gasteiger partial charge in [-0.1, -0.05) is 6.92 Å². The van der Waals surface area contributed by atoms with E-state index >= 15 is 0 Å². The largest absolute Gasteiger partial charge is 0.392 e. The Morgan fingerprint density at radius 3 is 2.29 bits per heavy atom. The van der Waals surface area contributed by atoms with Crippen LogP contribution in [0, 0.1) is 34.5 Å². The van der Waals surface area contributed by atoms with Gasteiger partial charge in [-0.25, -0.2) is 0 Å². The number of aliphatic hydroxyl groups excluding tert-OH is 3. The summed E-state index contributed by atoms with van der Waals surface area (Å²) < 4.78 is 24.0. The number of fused-ring (bicyclic) bond motifs is 2. The molecule has 7 bridgehead atoms. The van der Waals surface area contributed by atoms with Gasteiger partial charge in [0.05, 0.1) is 36.6 Å². The zero-order valence-electron chi connectivity index (χ0n) is 21.3. The maximum absolute atomic E-state index is 11.8. The highest BCUT2D eigenvalue weighted by atomic mass is 16.5. The van der Waals surface area contributed by atoms with Gasteiger partial charge in [-0.05, 0) is 18.9 Å². The molecular weight excluding hydrogens is 456 g/mol. The van der Waals surface area contributed by atoms with Crippen LogP contribution in [0.25, 0.3) is 0 Å². The molecule has 0 radical (unpaired) electrons. The van der Waals surface area contributed by atoms with Gasteiger partial charge < -0.3 is 45.1 Å². The van der Waals surface area contributed by atoms with Crippen LogP contribution in [-0.2, 0) is 18.9 Å². The Morgan fingerprint density at radius 2 is 1.71 bits per heavy atom. The Labute approximate surface area is 206 Å². The second-order valence-electron chi connectivity index (χ2n) is 12.2. The third kappa shape index (κ3) is 2.35. The van der Waals surface area contributed by atoms with E-state index in [4.69, 9.17) is 24.7 Å². The van der Waals surface area contributed by atoms with Crippen molar-refractivity contribution in [1.82, 2.24) is 4.90 Å². The summed E-state index contributed by atoms with van der Waals surface area (Å²) in [6.45, 7) is 3.77. The Bertz CT molecular complexity index is 880. The number of rotatable bonds is 6. The van der Waals surface area contributed by atoms with Gasteiger partial charge >= 0.3 is 0 Å². The van der Waals surface area contributed by atoms with Crippen LogP contribution >= 0.6 is 0 Å². The van der Waals surface area contributed by atoms with Crippen LogP contribution in [0.3, 0.4) is 0 Å². The minimum absolute atomic E-state index is 0.115. The predicted octanol–water partition coefficient (Wildman–Crippen LogP) is -1.82. The van der Waals surface area contributed by atoms with Crippen LogP contribution < -0.4 is 5.73 Å². The average molecular weight is 499 g/mol. The third-order valence-electron chi connectivity index (χ3n) is 11.8. The van der Waals surface area contributed by atoms with Gasteiger partial charge in [0.1, 0.15) is 17.8 Å². The summed E-state index contributed by atoms with van der Waals surface area (Å²) in [7, 11) is 6.46. The van der Waals surface area contributed by atoms with E-state index in [9.17, 15) is 20.4 Å². The standard InChI is InChI=1S/C25H42N2O8/c1-6-27-9-22(10-32-2)12(28)7-13(33-3)24-11-8-23(31)19(29)14(11)25(26,20(30)21(23)35-5)15(18(24)27)16(34-4)17(22)24/h11-21,28-31H,6-10,26H2,1-5H3/t11-,12-,13+,14-,15+,16+,17-,18-,19-,20+,21+,22+,23-,24+,25-/m1/s1. The molecule has 200 valence electrons. The quantitative estimate of drug-likeness (QED) is 0.284. The van der Waals surface area contributed by atoms with Gasteiger partial charge in [-0.2, -0.15) is 0 Å². The molecule has 6 rings (SSSR count). The number of hydrogen-bond acceptors (Lipinski definition) is 10. The molecule has 0 aromatic carbocycles. The molecule has 1 aliphatic heterocycles. The normalized spacial score (nSPS) is 62.4. The topological polar surface area (TPSA) is 147 Å². The van der Waals surface area contributed by atoms with E-state index < -0.39 is 58.4 Å². The minimum atomic E-state index is -1.63. The van der Waals surface area contributed by atoms with Crippen LogP contribution in [0.4, 0.5) is 0 Å². The van der Waals surface area contributed by atoms with E-state index in [1.54, 1.807) is 21.3 Å². The van der Waals surface area contributed by atoms with Gasteiger partial charge in [-0.3, -0.25) is 4.90 Å². The maximum Gasteiger partial charge on any atom is 0.120 e.